The van der Waals surface area contributed by atoms with Crippen LogP contribution in [0.4, 0.5) is 0 Å². The van der Waals surface area contributed by atoms with Crippen molar-refractivity contribution in [3.63, 3.8) is 0 Å². The summed E-state index contributed by atoms with van der Waals surface area (Å²) >= 11 is 0. The molecule has 2 bridgehead atoms. The Labute approximate surface area is 154 Å². The lowest BCUT2D eigenvalue weighted by Gasteiger charge is -2.24. The third-order valence-electron chi connectivity index (χ3n) is 4.66. The second kappa shape index (κ2) is 8.94. The molecule has 1 aromatic heterocycles. The Morgan fingerprint density at radius 2 is 2.12 bits per heavy atom. The average Bonchev–Trinajstić information content (AvgIpc) is 3.06. The summed E-state index contributed by atoms with van der Waals surface area (Å²) in [6.45, 7) is 5.92. The van der Waals surface area contributed by atoms with Crippen LogP contribution in [0.1, 0.15) is 37.9 Å². The van der Waals surface area contributed by atoms with Gasteiger partial charge in [0.15, 0.2) is 0 Å². The fourth-order valence-corrected chi connectivity index (χ4v) is 3.39. The van der Waals surface area contributed by atoms with Crippen molar-refractivity contribution in [1.29, 1.82) is 0 Å². The number of benzene rings is 1. The first-order valence-corrected chi connectivity index (χ1v) is 9.41. The number of ether oxygens (including phenoxy) is 1. The first kappa shape index (κ1) is 18.6. The Hall–Kier alpha value is -2.21. The molecule has 1 amide bonds. The monoisotopic (exact) mass is 356 g/mol. The number of hydrogen-bond acceptors (Lipinski definition) is 4. The molecule has 140 valence electrons. The Kier molecular flexibility index (Phi) is 6.39. The normalized spacial score (nSPS) is 21.7. The molecule has 0 saturated heterocycles. The number of fused-ring (bicyclic) bond motifs is 2. The van der Waals surface area contributed by atoms with E-state index < -0.39 is 0 Å². The number of rotatable bonds is 4. The van der Waals surface area contributed by atoms with Gasteiger partial charge in [0.25, 0.3) is 0 Å². The van der Waals surface area contributed by atoms with Crippen molar-refractivity contribution in [2.24, 2.45) is 11.8 Å². The van der Waals surface area contributed by atoms with Crippen LogP contribution >= 0.6 is 0 Å². The number of carbonyl (C=O) groups is 1. The SMILES string of the molecule is CC(C)C[C@H]1COCc2cn(nn2)CC[C@H](Cc2ccccc2)C(=O)N1. The second-order valence-corrected chi connectivity index (χ2v) is 7.50. The second-order valence-electron chi connectivity index (χ2n) is 7.50. The summed E-state index contributed by atoms with van der Waals surface area (Å²) in [6, 6.07) is 10.2. The van der Waals surface area contributed by atoms with Crippen molar-refractivity contribution < 1.29 is 9.53 Å². The van der Waals surface area contributed by atoms with Gasteiger partial charge in [-0.15, -0.1) is 5.10 Å². The van der Waals surface area contributed by atoms with Gasteiger partial charge in [0.05, 0.1) is 25.5 Å². The molecule has 0 aliphatic carbocycles. The molecule has 0 saturated carbocycles. The molecule has 0 radical (unpaired) electrons. The van der Waals surface area contributed by atoms with Crippen LogP contribution in [0.25, 0.3) is 0 Å². The van der Waals surface area contributed by atoms with Gasteiger partial charge in [-0.2, -0.15) is 0 Å². The average molecular weight is 356 g/mol. The maximum atomic E-state index is 13.0. The molecular formula is C20H28N4O2. The number of nitrogens with one attached hydrogen (secondary N) is 1. The zero-order chi connectivity index (χ0) is 18.4. The van der Waals surface area contributed by atoms with Crippen molar-refractivity contribution in [2.45, 2.75) is 52.3 Å². The number of amides is 1. The molecule has 26 heavy (non-hydrogen) atoms. The highest BCUT2D eigenvalue weighted by Crippen LogP contribution is 2.16. The molecule has 6 nitrogen and oxygen atoms in total. The van der Waals surface area contributed by atoms with E-state index in [1.807, 2.05) is 24.4 Å². The number of aromatic nitrogens is 3. The first-order valence-electron chi connectivity index (χ1n) is 9.41. The van der Waals surface area contributed by atoms with E-state index in [9.17, 15) is 4.79 Å². The third kappa shape index (κ3) is 5.39. The van der Waals surface area contributed by atoms with Crippen molar-refractivity contribution >= 4 is 5.91 Å². The number of aryl methyl sites for hydroxylation is 1. The molecule has 1 aliphatic heterocycles. The summed E-state index contributed by atoms with van der Waals surface area (Å²) in [6.07, 6.45) is 4.27. The zero-order valence-corrected chi connectivity index (χ0v) is 15.6. The van der Waals surface area contributed by atoms with Crippen molar-refractivity contribution in [1.82, 2.24) is 20.3 Å². The van der Waals surface area contributed by atoms with Gasteiger partial charge in [-0.3, -0.25) is 9.48 Å². The molecule has 2 aromatic rings. The molecule has 1 aliphatic rings. The molecule has 0 unspecified atom stereocenters. The topological polar surface area (TPSA) is 69.0 Å². The van der Waals surface area contributed by atoms with Gasteiger partial charge in [-0.05, 0) is 30.7 Å². The molecule has 2 atom stereocenters. The quantitative estimate of drug-likeness (QED) is 0.914. The maximum absolute atomic E-state index is 13.0. The zero-order valence-electron chi connectivity index (χ0n) is 15.6. The van der Waals surface area contributed by atoms with Crippen LogP contribution in [-0.2, 0) is 29.1 Å². The van der Waals surface area contributed by atoms with Crippen LogP contribution in [0.2, 0.25) is 0 Å². The van der Waals surface area contributed by atoms with Gasteiger partial charge >= 0.3 is 0 Å². The van der Waals surface area contributed by atoms with E-state index in [0.717, 1.165) is 25.0 Å². The molecular weight excluding hydrogens is 328 g/mol. The van der Waals surface area contributed by atoms with Gasteiger partial charge in [0, 0.05) is 12.5 Å². The predicted octanol–water partition coefficient (Wildman–Crippen LogP) is 2.59. The largest absolute Gasteiger partial charge is 0.373 e. The lowest BCUT2D eigenvalue weighted by atomic mass is 9.94. The summed E-state index contributed by atoms with van der Waals surface area (Å²) in [5.41, 5.74) is 2.01. The molecule has 1 aromatic carbocycles. The Morgan fingerprint density at radius 1 is 1.31 bits per heavy atom. The van der Waals surface area contributed by atoms with Crippen LogP contribution in [0, 0.1) is 11.8 Å². The molecule has 2 heterocycles. The van der Waals surface area contributed by atoms with E-state index in [1.165, 1.54) is 5.56 Å². The highest BCUT2D eigenvalue weighted by molar-refractivity contribution is 5.79. The van der Waals surface area contributed by atoms with Crippen LogP contribution in [0.15, 0.2) is 36.5 Å². The fraction of sp³-hybridized carbons (Fsp3) is 0.550. The minimum Gasteiger partial charge on any atom is -0.373 e. The number of carbonyl (C=O) groups excluding carboxylic acids is 1. The molecule has 0 spiro atoms. The van der Waals surface area contributed by atoms with E-state index in [0.29, 0.717) is 25.7 Å². The fourth-order valence-electron chi connectivity index (χ4n) is 3.39. The lowest BCUT2D eigenvalue weighted by molar-refractivity contribution is -0.126. The van der Waals surface area contributed by atoms with Crippen LogP contribution < -0.4 is 5.32 Å². The predicted molar refractivity (Wildman–Crippen MR) is 99.3 cm³/mol. The minimum atomic E-state index is -0.0980. The smallest absolute Gasteiger partial charge is 0.223 e. The Balaban J connectivity index is 1.77. The van der Waals surface area contributed by atoms with Gasteiger partial charge in [-0.1, -0.05) is 49.4 Å². The summed E-state index contributed by atoms with van der Waals surface area (Å²) in [7, 11) is 0. The summed E-state index contributed by atoms with van der Waals surface area (Å²) in [5.74, 6) is 0.494. The summed E-state index contributed by atoms with van der Waals surface area (Å²) in [5, 5.41) is 11.5. The molecule has 1 N–H and O–H groups in total. The van der Waals surface area contributed by atoms with Crippen molar-refractivity contribution in [2.75, 3.05) is 6.61 Å². The Morgan fingerprint density at radius 3 is 2.88 bits per heavy atom. The van der Waals surface area contributed by atoms with Gasteiger partial charge < -0.3 is 10.1 Å². The van der Waals surface area contributed by atoms with Gasteiger partial charge in [0.1, 0.15) is 5.69 Å². The molecule has 6 heteroatoms. The van der Waals surface area contributed by atoms with E-state index in [2.05, 4.69) is 41.6 Å². The van der Waals surface area contributed by atoms with Crippen LogP contribution in [0.3, 0.4) is 0 Å². The van der Waals surface area contributed by atoms with Gasteiger partial charge in [-0.25, -0.2) is 0 Å². The standard InChI is InChI=1S/C20H28N4O2/c1-15(2)10-18-13-26-14-19-12-24(23-22-19)9-8-17(20(25)21-18)11-16-6-4-3-5-7-16/h3-7,12,15,17-18H,8-11,13-14H2,1-2H3,(H,21,25)/t17-,18+/m1/s1. The van der Waals surface area contributed by atoms with Crippen LogP contribution in [0.5, 0.6) is 0 Å². The lowest BCUT2D eigenvalue weighted by Crippen LogP contribution is -2.43. The summed E-state index contributed by atoms with van der Waals surface area (Å²) in [4.78, 5) is 13.0. The Bertz CT molecular complexity index is 699. The number of hydrogen-bond donors (Lipinski definition) is 1. The first-order chi connectivity index (χ1) is 12.6. The maximum Gasteiger partial charge on any atom is 0.223 e. The minimum absolute atomic E-state index is 0.0234. The van der Waals surface area contributed by atoms with Crippen LogP contribution in [-0.4, -0.2) is 33.5 Å². The van der Waals surface area contributed by atoms with E-state index in [1.54, 1.807) is 4.68 Å². The molecule has 3 rings (SSSR count). The van der Waals surface area contributed by atoms with E-state index in [4.69, 9.17) is 4.74 Å². The molecule has 0 fully saturated rings. The van der Waals surface area contributed by atoms with Crippen molar-refractivity contribution in [3.05, 3.63) is 47.8 Å². The van der Waals surface area contributed by atoms with Crippen molar-refractivity contribution in [3.8, 4) is 0 Å². The third-order valence-corrected chi connectivity index (χ3v) is 4.66. The highest BCUT2D eigenvalue weighted by Gasteiger charge is 2.23. The van der Waals surface area contributed by atoms with E-state index >= 15 is 0 Å². The summed E-state index contributed by atoms with van der Waals surface area (Å²) < 4.78 is 7.59. The number of nitrogens with zero attached hydrogens (tertiary/aromatic N) is 3. The van der Waals surface area contributed by atoms with Gasteiger partial charge in [0.2, 0.25) is 5.91 Å². The van der Waals surface area contributed by atoms with E-state index in [-0.39, 0.29) is 17.9 Å². The highest BCUT2D eigenvalue weighted by atomic mass is 16.5.